The maximum Gasteiger partial charge on any atom is 0.279 e. The molecule has 0 aromatic rings. The molecule has 0 amide bonds. The van der Waals surface area contributed by atoms with Gasteiger partial charge in [-0.3, -0.25) is 0 Å². The van der Waals surface area contributed by atoms with Crippen molar-refractivity contribution in [3.63, 3.8) is 0 Å². The third-order valence-corrected chi connectivity index (χ3v) is 5.76. The number of nitrogens with one attached hydrogen (secondary N) is 1. The van der Waals surface area contributed by atoms with Gasteiger partial charge in [0.15, 0.2) is 0 Å². The van der Waals surface area contributed by atoms with Crippen molar-refractivity contribution in [2.45, 2.75) is 57.6 Å². The Morgan fingerprint density at radius 2 is 1.72 bits per heavy atom. The molecule has 0 bridgehead atoms. The summed E-state index contributed by atoms with van der Waals surface area (Å²) in [7, 11) is -3.42. The molecular weight excluding hydrogens is 252 g/mol. The number of aliphatic hydroxyl groups is 1. The van der Waals surface area contributed by atoms with E-state index in [4.69, 9.17) is 0 Å². The Morgan fingerprint density at radius 3 is 2.33 bits per heavy atom. The molecule has 0 aromatic carbocycles. The summed E-state index contributed by atoms with van der Waals surface area (Å²) in [6.07, 6.45) is 4.73. The fourth-order valence-electron chi connectivity index (χ4n) is 2.74. The Labute approximate surface area is 110 Å². The summed E-state index contributed by atoms with van der Waals surface area (Å²) >= 11 is 0. The van der Waals surface area contributed by atoms with Gasteiger partial charge in [-0.25, -0.2) is 0 Å². The molecule has 18 heavy (non-hydrogen) atoms. The first-order valence-electron chi connectivity index (χ1n) is 6.94. The van der Waals surface area contributed by atoms with E-state index in [9.17, 15) is 13.5 Å². The lowest BCUT2D eigenvalue weighted by Crippen LogP contribution is -2.52. The summed E-state index contributed by atoms with van der Waals surface area (Å²) in [5, 5.41) is 9.83. The summed E-state index contributed by atoms with van der Waals surface area (Å²) < 4.78 is 28.6. The van der Waals surface area contributed by atoms with Crippen molar-refractivity contribution in [2.75, 3.05) is 13.1 Å². The summed E-state index contributed by atoms with van der Waals surface area (Å²) in [4.78, 5) is 0. The quantitative estimate of drug-likeness (QED) is 0.803. The molecule has 1 saturated heterocycles. The third kappa shape index (κ3) is 3.44. The first kappa shape index (κ1) is 14.2. The van der Waals surface area contributed by atoms with Gasteiger partial charge in [-0.1, -0.05) is 19.8 Å². The second kappa shape index (κ2) is 5.86. The Hall–Kier alpha value is -0.170. The molecule has 2 fully saturated rings. The predicted octanol–water partition coefficient (Wildman–Crippen LogP) is 0.856. The maximum absolute atomic E-state index is 12.2. The van der Waals surface area contributed by atoms with Crippen LogP contribution >= 0.6 is 0 Å². The Morgan fingerprint density at radius 1 is 1.11 bits per heavy atom. The summed E-state index contributed by atoms with van der Waals surface area (Å²) in [5.41, 5.74) is 0. The fourth-order valence-corrected chi connectivity index (χ4v) is 4.24. The van der Waals surface area contributed by atoms with Gasteiger partial charge in [0.1, 0.15) is 0 Å². The molecule has 0 spiro atoms. The van der Waals surface area contributed by atoms with Crippen molar-refractivity contribution in [1.29, 1.82) is 0 Å². The van der Waals surface area contributed by atoms with Gasteiger partial charge in [0, 0.05) is 19.1 Å². The van der Waals surface area contributed by atoms with Gasteiger partial charge in [0.25, 0.3) is 10.2 Å². The number of rotatable bonds is 3. The van der Waals surface area contributed by atoms with Crippen LogP contribution in [0.1, 0.15) is 45.4 Å². The van der Waals surface area contributed by atoms with Gasteiger partial charge in [-0.2, -0.15) is 17.4 Å². The van der Waals surface area contributed by atoms with Gasteiger partial charge in [-0.15, -0.1) is 0 Å². The van der Waals surface area contributed by atoms with Crippen molar-refractivity contribution in [1.82, 2.24) is 9.03 Å². The first-order chi connectivity index (χ1) is 8.49. The topological polar surface area (TPSA) is 69.6 Å². The Bertz CT molecular complexity index is 364. The minimum absolute atomic E-state index is 0.303. The van der Waals surface area contributed by atoms with E-state index >= 15 is 0 Å². The van der Waals surface area contributed by atoms with E-state index < -0.39 is 16.3 Å². The van der Waals surface area contributed by atoms with E-state index in [1.807, 2.05) is 0 Å². The average molecular weight is 276 g/mol. The molecule has 0 radical (unpaired) electrons. The minimum Gasteiger partial charge on any atom is -0.391 e. The second-order valence-corrected chi connectivity index (χ2v) is 7.36. The number of hydrogen-bond acceptors (Lipinski definition) is 3. The van der Waals surface area contributed by atoms with E-state index in [2.05, 4.69) is 11.6 Å². The molecule has 1 heterocycles. The van der Waals surface area contributed by atoms with E-state index in [0.717, 1.165) is 32.1 Å². The van der Waals surface area contributed by atoms with Gasteiger partial charge in [-0.05, 0) is 31.6 Å². The van der Waals surface area contributed by atoms with Crippen LogP contribution in [0, 0.1) is 5.92 Å². The minimum atomic E-state index is -3.42. The van der Waals surface area contributed by atoms with Crippen LogP contribution in [-0.2, 0) is 10.2 Å². The predicted molar refractivity (Wildman–Crippen MR) is 70.3 cm³/mol. The summed E-state index contributed by atoms with van der Waals surface area (Å²) in [6.45, 7) is 3.35. The molecule has 1 aliphatic heterocycles. The number of nitrogens with zero attached hydrogens (tertiary/aromatic N) is 1. The molecule has 1 aliphatic carbocycles. The van der Waals surface area contributed by atoms with Crippen molar-refractivity contribution in [2.24, 2.45) is 5.92 Å². The molecule has 2 atom stereocenters. The maximum atomic E-state index is 12.2. The third-order valence-electron chi connectivity index (χ3n) is 4.11. The van der Waals surface area contributed by atoms with Crippen LogP contribution in [0.2, 0.25) is 0 Å². The summed E-state index contributed by atoms with van der Waals surface area (Å²) in [5.74, 6) is 0.608. The van der Waals surface area contributed by atoms with Crippen molar-refractivity contribution >= 4 is 10.2 Å². The Kier molecular flexibility index (Phi) is 4.64. The zero-order chi connectivity index (χ0) is 13.2. The van der Waals surface area contributed by atoms with E-state index in [-0.39, 0.29) is 6.04 Å². The summed E-state index contributed by atoms with van der Waals surface area (Å²) in [6, 6.07) is -0.303. The van der Waals surface area contributed by atoms with Gasteiger partial charge < -0.3 is 5.11 Å². The average Bonchev–Trinajstić information content (AvgIpc) is 2.32. The molecular formula is C12H24N2O3S. The largest absolute Gasteiger partial charge is 0.391 e. The molecule has 2 rings (SSSR count). The molecule has 1 saturated carbocycles. The van der Waals surface area contributed by atoms with Gasteiger partial charge >= 0.3 is 0 Å². The van der Waals surface area contributed by atoms with Crippen molar-refractivity contribution < 1.29 is 13.5 Å². The molecule has 5 nitrogen and oxygen atoms in total. The highest BCUT2D eigenvalue weighted by atomic mass is 32.2. The fraction of sp³-hybridized carbons (Fsp3) is 1.00. The highest BCUT2D eigenvalue weighted by molar-refractivity contribution is 7.87. The zero-order valence-electron chi connectivity index (χ0n) is 11.0. The highest BCUT2D eigenvalue weighted by Crippen LogP contribution is 2.22. The van der Waals surface area contributed by atoms with E-state index in [1.54, 1.807) is 0 Å². The van der Waals surface area contributed by atoms with Gasteiger partial charge in [0.05, 0.1) is 6.10 Å². The monoisotopic (exact) mass is 276 g/mol. The second-order valence-electron chi connectivity index (χ2n) is 5.66. The van der Waals surface area contributed by atoms with Crippen LogP contribution in [0.4, 0.5) is 0 Å². The van der Waals surface area contributed by atoms with E-state index in [0.29, 0.717) is 25.4 Å². The van der Waals surface area contributed by atoms with Gasteiger partial charge in [0.2, 0.25) is 0 Å². The SMILES string of the molecule is CC1CCN(S(=O)(=O)N[C@@H]2CCCC[C@H]2O)CC1. The molecule has 2 N–H and O–H groups in total. The lowest BCUT2D eigenvalue weighted by atomic mass is 9.93. The number of piperidine rings is 1. The first-order valence-corrected chi connectivity index (χ1v) is 8.38. The standard InChI is InChI=1S/C12H24N2O3S/c1-10-6-8-14(9-7-10)18(16,17)13-11-4-2-3-5-12(11)15/h10-13,15H,2-9H2,1H3/t11-,12-/m1/s1. The molecule has 106 valence electrons. The number of hydrogen-bond donors (Lipinski definition) is 2. The van der Waals surface area contributed by atoms with E-state index in [1.165, 1.54) is 4.31 Å². The van der Waals surface area contributed by atoms with Crippen LogP contribution in [0.25, 0.3) is 0 Å². The zero-order valence-corrected chi connectivity index (χ0v) is 11.8. The highest BCUT2D eigenvalue weighted by Gasteiger charge is 2.32. The van der Waals surface area contributed by atoms with Crippen LogP contribution < -0.4 is 4.72 Å². The normalized spacial score (nSPS) is 32.6. The lowest BCUT2D eigenvalue weighted by molar-refractivity contribution is 0.0999. The Balaban J connectivity index is 1.94. The molecule has 6 heteroatoms. The van der Waals surface area contributed by atoms with Crippen LogP contribution in [0.15, 0.2) is 0 Å². The van der Waals surface area contributed by atoms with Crippen LogP contribution in [-0.4, -0.2) is 43.1 Å². The lowest BCUT2D eigenvalue weighted by Gasteiger charge is -2.33. The molecule has 0 aromatic heterocycles. The van der Waals surface area contributed by atoms with Crippen molar-refractivity contribution in [3.05, 3.63) is 0 Å². The van der Waals surface area contributed by atoms with Crippen molar-refractivity contribution in [3.8, 4) is 0 Å². The van der Waals surface area contributed by atoms with Crippen LogP contribution in [0.5, 0.6) is 0 Å². The molecule has 2 aliphatic rings. The van der Waals surface area contributed by atoms with Crippen LogP contribution in [0.3, 0.4) is 0 Å². The molecule has 0 unspecified atom stereocenters. The number of aliphatic hydroxyl groups excluding tert-OH is 1. The smallest absolute Gasteiger partial charge is 0.279 e.